The molecule has 0 unspecified atom stereocenters. The van der Waals surface area contributed by atoms with Crippen LogP contribution in [0.4, 0.5) is 17.1 Å². The lowest BCUT2D eigenvalue weighted by atomic mass is 10.2. The van der Waals surface area contributed by atoms with Crippen molar-refractivity contribution < 1.29 is 5.11 Å². The van der Waals surface area contributed by atoms with Gasteiger partial charge in [-0.25, -0.2) is 0 Å². The zero-order chi connectivity index (χ0) is 13.5. The molecule has 0 atom stereocenters. The van der Waals surface area contributed by atoms with Crippen molar-refractivity contribution in [2.45, 2.75) is 0 Å². The van der Waals surface area contributed by atoms with Crippen LogP contribution in [0.2, 0.25) is 0 Å². The lowest BCUT2D eigenvalue weighted by molar-refractivity contribution is 0.476. The molecule has 0 bridgehead atoms. The van der Waals surface area contributed by atoms with E-state index in [1.807, 2.05) is 24.3 Å². The largest absolute Gasteiger partial charge is 0.506 e. The zero-order valence-electron chi connectivity index (χ0n) is 10.5. The van der Waals surface area contributed by atoms with Crippen molar-refractivity contribution in [3.05, 3.63) is 48.5 Å². The molecule has 2 aromatic rings. The molecule has 0 heterocycles. The van der Waals surface area contributed by atoms with Gasteiger partial charge in [0.25, 0.3) is 0 Å². The fraction of sp³-hybridized carbons (Fsp3) is 0.143. The molecular weight excluding hydrogens is 240 g/mol. The van der Waals surface area contributed by atoms with Gasteiger partial charge in [-0.1, -0.05) is 24.3 Å². The van der Waals surface area contributed by atoms with Gasteiger partial charge in [0, 0.05) is 13.1 Å². The Morgan fingerprint density at radius 1 is 0.947 bits per heavy atom. The number of nitrogens with zero attached hydrogens (tertiary/aromatic N) is 2. The molecule has 5 heteroatoms. The normalized spacial score (nSPS) is 10.8. The monoisotopic (exact) mass is 256 g/mol. The molecule has 0 saturated carbocycles. The number of para-hydroxylation sites is 2. The second kappa shape index (κ2) is 6.51. The molecule has 98 valence electrons. The summed E-state index contributed by atoms with van der Waals surface area (Å²) in [6.45, 7) is 1.22. The molecule has 0 radical (unpaired) electrons. The van der Waals surface area contributed by atoms with E-state index in [1.54, 1.807) is 24.3 Å². The lowest BCUT2D eigenvalue weighted by Crippen LogP contribution is -2.12. The number of hydrogen-bond acceptors (Lipinski definition) is 5. The molecule has 0 aliphatic carbocycles. The maximum atomic E-state index is 9.61. The number of nitrogens with two attached hydrogens (primary N) is 1. The van der Waals surface area contributed by atoms with Crippen LogP contribution in [0.25, 0.3) is 0 Å². The quantitative estimate of drug-likeness (QED) is 0.718. The summed E-state index contributed by atoms with van der Waals surface area (Å²) in [7, 11) is 0. The van der Waals surface area contributed by atoms with Crippen molar-refractivity contribution in [2.75, 3.05) is 18.4 Å². The van der Waals surface area contributed by atoms with Gasteiger partial charge < -0.3 is 16.2 Å². The minimum atomic E-state index is 0.110. The first-order valence-corrected chi connectivity index (χ1v) is 6.04. The average molecular weight is 256 g/mol. The van der Waals surface area contributed by atoms with Gasteiger partial charge in [0.1, 0.15) is 17.1 Å². The predicted molar refractivity (Wildman–Crippen MR) is 76.3 cm³/mol. The highest BCUT2D eigenvalue weighted by atomic mass is 16.3. The maximum absolute atomic E-state index is 9.61. The van der Waals surface area contributed by atoms with Crippen LogP contribution in [0.15, 0.2) is 58.8 Å². The Balaban J connectivity index is 2.21. The first kappa shape index (κ1) is 13.0. The summed E-state index contributed by atoms with van der Waals surface area (Å²) in [5.74, 6) is 0.110. The Morgan fingerprint density at radius 3 is 2.32 bits per heavy atom. The van der Waals surface area contributed by atoms with E-state index in [9.17, 15) is 5.11 Å². The van der Waals surface area contributed by atoms with Gasteiger partial charge in [-0.05, 0) is 24.3 Å². The zero-order valence-corrected chi connectivity index (χ0v) is 10.5. The van der Waals surface area contributed by atoms with E-state index in [-0.39, 0.29) is 5.75 Å². The molecule has 0 aliphatic heterocycles. The van der Waals surface area contributed by atoms with E-state index >= 15 is 0 Å². The third-order valence-corrected chi connectivity index (χ3v) is 2.51. The van der Waals surface area contributed by atoms with Gasteiger partial charge in [0.2, 0.25) is 0 Å². The number of azo groups is 1. The Labute approximate surface area is 111 Å². The van der Waals surface area contributed by atoms with E-state index in [4.69, 9.17) is 5.73 Å². The van der Waals surface area contributed by atoms with Gasteiger partial charge in [0.15, 0.2) is 0 Å². The number of benzene rings is 2. The van der Waals surface area contributed by atoms with Crippen LogP contribution in [0.5, 0.6) is 5.75 Å². The summed E-state index contributed by atoms with van der Waals surface area (Å²) in [4.78, 5) is 0. The van der Waals surface area contributed by atoms with Gasteiger partial charge in [-0.15, -0.1) is 10.2 Å². The van der Waals surface area contributed by atoms with Crippen LogP contribution in [-0.4, -0.2) is 18.2 Å². The summed E-state index contributed by atoms with van der Waals surface area (Å²) in [6.07, 6.45) is 0. The lowest BCUT2D eigenvalue weighted by Gasteiger charge is -2.06. The van der Waals surface area contributed by atoms with Gasteiger partial charge in [0.05, 0.1) is 5.69 Å². The molecule has 2 rings (SSSR count). The minimum absolute atomic E-state index is 0.110. The second-order valence-electron chi connectivity index (χ2n) is 3.92. The molecule has 0 spiro atoms. The maximum Gasteiger partial charge on any atom is 0.143 e. The summed E-state index contributed by atoms with van der Waals surface area (Å²) < 4.78 is 0. The van der Waals surface area contributed by atoms with Crippen molar-refractivity contribution in [3.8, 4) is 5.75 Å². The Hall–Kier alpha value is -2.40. The van der Waals surface area contributed by atoms with Crippen molar-refractivity contribution in [3.63, 3.8) is 0 Å². The highest BCUT2D eigenvalue weighted by Crippen LogP contribution is 2.30. The third kappa shape index (κ3) is 3.53. The molecule has 4 N–H and O–H groups in total. The molecule has 2 aromatic carbocycles. The molecule has 0 aliphatic rings. The van der Waals surface area contributed by atoms with Gasteiger partial charge in [-0.3, -0.25) is 0 Å². The molecule has 0 saturated heterocycles. The molecular formula is C14H16N4O. The first-order valence-electron chi connectivity index (χ1n) is 6.04. The highest BCUT2D eigenvalue weighted by Gasteiger charge is 2.00. The third-order valence-electron chi connectivity index (χ3n) is 2.51. The van der Waals surface area contributed by atoms with Crippen LogP contribution in [0.1, 0.15) is 0 Å². The van der Waals surface area contributed by atoms with Crippen molar-refractivity contribution in [1.82, 2.24) is 0 Å². The number of phenols is 1. The fourth-order valence-electron chi connectivity index (χ4n) is 1.57. The number of aromatic hydroxyl groups is 1. The Kier molecular flexibility index (Phi) is 4.47. The van der Waals surface area contributed by atoms with Crippen LogP contribution >= 0.6 is 0 Å². The van der Waals surface area contributed by atoms with Gasteiger partial charge >= 0.3 is 0 Å². The molecule has 0 fully saturated rings. The van der Waals surface area contributed by atoms with Crippen LogP contribution in [-0.2, 0) is 0 Å². The van der Waals surface area contributed by atoms with E-state index in [2.05, 4.69) is 15.5 Å². The van der Waals surface area contributed by atoms with Crippen LogP contribution in [0, 0.1) is 0 Å². The standard InChI is InChI=1S/C14H16N4O/c15-9-10-16-11-5-1-2-6-12(11)17-18-13-7-3-4-8-14(13)19/h1-8,16,19H,9-10,15H2. The fourth-order valence-corrected chi connectivity index (χ4v) is 1.57. The molecule has 5 nitrogen and oxygen atoms in total. The van der Waals surface area contributed by atoms with Crippen LogP contribution < -0.4 is 11.1 Å². The molecule has 0 aromatic heterocycles. The Bertz CT molecular complexity index is 569. The van der Waals surface area contributed by atoms with Gasteiger partial charge in [-0.2, -0.15) is 0 Å². The number of anilines is 1. The minimum Gasteiger partial charge on any atom is -0.506 e. The molecule has 0 amide bonds. The summed E-state index contributed by atoms with van der Waals surface area (Å²) in [5.41, 5.74) is 7.48. The number of phenolic OH excluding ortho intramolecular Hbond substituents is 1. The van der Waals surface area contributed by atoms with E-state index in [0.717, 1.165) is 5.69 Å². The Morgan fingerprint density at radius 2 is 1.58 bits per heavy atom. The smallest absolute Gasteiger partial charge is 0.143 e. The van der Waals surface area contributed by atoms with E-state index < -0.39 is 0 Å². The highest BCUT2D eigenvalue weighted by molar-refractivity contribution is 5.65. The van der Waals surface area contributed by atoms with Crippen LogP contribution in [0.3, 0.4) is 0 Å². The number of rotatable bonds is 5. The number of hydrogen-bond donors (Lipinski definition) is 3. The predicted octanol–water partition coefficient (Wildman–Crippen LogP) is 3.18. The van der Waals surface area contributed by atoms with Crippen molar-refractivity contribution >= 4 is 17.1 Å². The van der Waals surface area contributed by atoms with E-state index in [1.165, 1.54) is 0 Å². The van der Waals surface area contributed by atoms with Crippen molar-refractivity contribution in [2.24, 2.45) is 16.0 Å². The second-order valence-corrected chi connectivity index (χ2v) is 3.92. The summed E-state index contributed by atoms with van der Waals surface area (Å²) in [5, 5.41) is 21.0. The summed E-state index contributed by atoms with van der Waals surface area (Å²) in [6, 6.07) is 14.4. The SMILES string of the molecule is NCCNc1ccccc1N=Nc1ccccc1O. The van der Waals surface area contributed by atoms with E-state index in [0.29, 0.717) is 24.5 Å². The number of nitrogens with one attached hydrogen (secondary N) is 1. The molecule has 19 heavy (non-hydrogen) atoms. The average Bonchev–Trinajstić information content (AvgIpc) is 2.45. The van der Waals surface area contributed by atoms with Crippen molar-refractivity contribution in [1.29, 1.82) is 0 Å². The summed E-state index contributed by atoms with van der Waals surface area (Å²) >= 11 is 0. The topological polar surface area (TPSA) is 83.0 Å². The first-order chi connectivity index (χ1) is 9.31.